The van der Waals surface area contributed by atoms with Gasteiger partial charge in [0.05, 0.1) is 5.56 Å². The molecule has 0 saturated heterocycles. The maximum atomic E-state index is 12.2. The zero-order chi connectivity index (χ0) is 22.2. The first-order valence-corrected chi connectivity index (χ1v) is 9.49. The molecule has 8 heteroatoms. The molecule has 0 atom stereocenters. The number of ether oxygens (including phenoxy) is 1. The van der Waals surface area contributed by atoms with Crippen LogP contribution in [0, 0.1) is 0 Å². The Kier molecular flexibility index (Phi) is 6.85. The lowest BCUT2D eigenvalue weighted by Gasteiger charge is -2.11. The zero-order valence-electron chi connectivity index (χ0n) is 16.8. The Hall–Kier alpha value is -4.33. The van der Waals surface area contributed by atoms with Crippen molar-refractivity contribution >= 4 is 29.2 Å². The van der Waals surface area contributed by atoms with E-state index in [4.69, 9.17) is 10.5 Å². The van der Waals surface area contributed by atoms with Crippen LogP contribution in [0.3, 0.4) is 0 Å². The number of amides is 4. The minimum absolute atomic E-state index is 0.159. The van der Waals surface area contributed by atoms with Crippen LogP contribution in [0.2, 0.25) is 0 Å². The zero-order valence-corrected chi connectivity index (χ0v) is 16.8. The van der Waals surface area contributed by atoms with E-state index in [0.717, 1.165) is 5.56 Å². The number of carbonyl (C=O) groups is 3. The molecule has 8 nitrogen and oxygen atoms in total. The molecule has 0 aliphatic rings. The van der Waals surface area contributed by atoms with E-state index >= 15 is 0 Å². The Bertz CT molecular complexity index is 1100. The predicted molar refractivity (Wildman–Crippen MR) is 118 cm³/mol. The Morgan fingerprint density at radius 3 is 2.32 bits per heavy atom. The van der Waals surface area contributed by atoms with Gasteiger partial charge in [-0.1, -0.05) is 24.3 Å². The summed E-state index contributed by atoms with van der Waals surface area (Å²) in [5, 5.41) is 8.19. The van der Waals surface area contributed by atoms with E-state index in [9.17, 15) is 14.4 Å². The van der Waals surface area contributed by atoms with Crippen molar-refractivity contribution in [3.05, 3.63) is 83.9 Å². The third-order valence-electron chi connectivity index (χ3n) is 4.19. The number of hydrogen-bond acceptors (Lipinski definition) is 4. The standard InChI is InChI=1S/C23H22N4O4/c1-15(28)26-18-6-4-5-16(13-18)14-25-23(30)27-17-9-11-19(12-10-17)31-21-8-3-2-7-20(21)22(24)29/h2-13H,14H2,1H3,(H2,24,29)(H,26,28)(H2,25,27,30). The number of nitrogens with one attached hydrogen (secondary N) is 3. The second-order valence-electron chi connectivity index (χ2n) is 6.68. The van der Waals surface area contributed by atoms with Crippen molar-refractivity contribution in [1.82, 2.24) is 5.32 Å². The van der Waals surface area contributed by atoms with Gasteiger partial charge >= 0.3 is 6.03 Å². The maximum Gasteiger partial charge on any atom is 0.319 e. The Morgan fingerprint density at radius 1 is 0.871 bits per heavy atom. The number of para-hydroxylation sites is 1. The molecule has 0 heterocycles. The summed E-state index contributed by atoms with van der Waals surface area (Å²) < 4.78 is 5.72. The molecule has 0 unspecified atom stereocenters. The Morgan fingerprint density at radius 2 is 1.61 bits per heavy atom. The van der Waals surface area contributed by atoms with E-state index in [0.29, 0.717) is 29.4 Å². The van der Waals surface area contributed by atoms with Gasteiger partial charge in [-0.2, -0.15) is 0 Å². The smallest absolute Gasteiger partial charge is 0.319 e. The van der Waals surface area contributed by atoms with E-state index < -0.39 is 5.91 Å². The molecule has 4 amide bonds. The predicted octanol–water partition coefficient (Wildman–Crippen LogP) is 3.86. The topological polar surface area (TPSA) is 123 Å². The molecule has 0 saturated carbocycles. The average molecular weight is 418 g/mol. The summed E-state index contributed by atoms with van der Waals surface area (Å²) in [7, 11) is 0. The molecule has 5 N–H and O–H groups in total. The van der Waals surface area contributed by atoms with Crippen molar-refractivity contribution in [2.75, 3.05) is 10.6 Å². The molecule has 0 radical (unpaired) electrons. The molecule has 0 spiro atoms. The summed E-state index contributed by atoms with van der Waals surface area (Å²) in [6.07, 6.45) is 0. The van der Waals surface area contributed by atoms with Crippen molar-refractivity contribution in [2.45, 2.75) is 13.5 Å². The van der Waals surface area contributed by atoms with Crippen molar-refractivity contribution in [3.63, 3.8) is 0 Å². The fourth-order valence-electron chi connectivity index (χ4n) is 2.81. The Balaban J connectivity index is 1.55. The molecule has 3 rings (SSSR count). The third-order valence-corrected chi connectivity index (χ3v) is 4.19. The van der Waals surface area contributed by atoms with E-state index in [2.05, 4.69) is 16.0 Å². The molecule has 31 heavy (non-hydrogen) atoms. The fourth-order valence-corrected chi connectivity index (χ4v) is 2.81. The van der Waals surface area contributed by atoms with Gasteiger partial charge in [-0.25, -0.2) is 4.79 Å². The molecule has 3 aromatic carbocycles. The summed E-state index contributed by atoms with van der Waals surface area (Å²) in [6, 6.07) is 20.2. The van der Waals surface area contributed by atoms with Gasteiger partial charge in [0.1, 0.15) is 11.5 Å². The van der Waals surface area contributed by atoms with Crippen LogP contribution in [0.25, 0.3) is 0 Å². The highest BCUT2D eigenvalue weighted by Crippen LogP contribution is 2.26. The van der Waals surface area contributed by atoms with Crippen LogP contribution in [0.15, 0.2) is 72.8 Å². The van der Waals surface area contributed by atoms with Gasteiger partial charge in [-0.15, -0.1) is 0 Å². The van der Waals surface area contributed by atoms with Crippen LogP contribution in [0.1, 0.15) is 22.8 Å². The van der Waals surface area contributed by atoms with Gasteiger partial charge in [0.25, 0.3) is 5.91 Å². The van der Waals surface area contributed by atoms with E-state index in [1.54, 1.807) is 66.7 Å². The number of rotatable bonds is 7. The fraction of sp³-hybridized carbons (Fsp3) is 0.0870. The highest BCUT2D eigenvalue weighted by Gasteiger charge is 2.09. The van der Waals surface area contributed by atoms with Crippen molar-refractivity contribution in [1.29, 1.82) is 0 Å². The lowest BCUT2D eigenvalue weighted by atomic mass is 10.2. The summed E-state index contributed by atoms with van der Waals surface area (Å²) in [5.41, 5.74) is 7.72. The number of carbonyl (C=O) groups excluding carboxylic acids is 3. The average Bonchev–Trinajstić information content (AvgIpc) is 2.74. The number of anilines is 2. The normalized spacial score (nSPS) is 10.1. The number of nitrogens with two attached hydrogens (primary N) is 1. The monoisotopic (exact) mass is 418 g/mol. The molecular formula is C23H22N4O4. The number of primary amides is 1. The maximum absolute atomic E-state index is 12.2. The first kappa shape index (κ1) is 21.4. The largest absolute Gasteiger partial charge is 0.457 e. The summed E-state index contributed by atoms with van der Waals surface area (Å²) in [5.74, 6) is 0.117. The summed E-state index contributed by atoms with van der Waals surface area (Å²) >= 11 is 0. The minimum Gasteiger partial charge on any atom is -0.457 e. The number of hydrogen-bond donors (Lipinski definition) is 4. The number of urea groups is 1. The van der Waals surface area contributed by atoms with Gasteiger partial charge in [-0.05, 0) is 54.1 Å². The second-order valence-corrected chi connectivity index (χ2v) is 6.68. The van der Waals surface area contributed by atoms with Gasteiger partial charge in [0.15, 0.2) is 0 Å². The molecule has 0 fully saturated rings. The van der Waals surface area contributed by atoms with E-state index in [-0.39, 0.29) is 17.5 Å². The van der Waals surface area contributed by atoms with Crippen LogP contribution in [0.4, 0.5) is 16.2 Å². The quantitative estimate of drug-likeness (QED) is 0.465. The highest BCUT2D eigenvalue weighted by molar-refractivity contribution is 5.95. The lowest BCUT2D eigenvalue weighted by Crippen LogP contribution is -2.28. The van der Waals surface area contributed by atoms with Crippen molar-refractivity contribution in [2.24, 2.45) is 5.73 Å². The Labute approximate surface area is 179 Å². The van der Waals surface area contributed by atoms with Crippen LogP contribution in [-0.4, -0.2) is 17.8 Å². The molecule has 0 bridgehead atoms. The lowest BCUT2D eigenvalue weighted by molar-refractivity contribution is -0.114. The van der Waals surface area contributed by atoms with Gasteiger partial charge in [-0.3, -0.25) is 9.59 Å². The first-order valence-electron chi connectivity index (χ1n) is 9.49. The third kappa shape index (κ3) is 6.33. The first-order chi connectivity index (χ1) is 14.9. The SMILES string of the molecule is CC(=O)Nc1cccc(CNC(=O)Nc2ccc(Oc3ccccc3C(N)=O)cc2)c1. The van der Waals surface area contributed by atoms with E-state index in [1.165, 1.54) is 6.92 Å². The van der Waals surface area contributed by atoms with Crippen molar-refractivity contribution in [3.8, 4) is 11.5 Å². The molecule has 0 aliphatic heterocycles. The summed E-state index contributed by atoms with van der Waals surface area (Å²) in [4.78, 5) is 34.8. The van der Waals surface area contributed by atoms with Crippen LogP contribution >= 0.6 is 0 Å². The van der Waals surface area contributed by atoms with Crippen molar-refractivity contribution < 1.29 is 19.1 Å². The summed E-state index contributed by atoms with van der Waals surface area (Å²) in [6.45, 7) is 1.73. The molecule has 0 aromatic heterocycles. The number of benzene rings is 3. The van der Waals surface area contributed by atoms with E-state index in [1.807, 2.05) is 6.07 Å². The second kappa shape index (κ2) is 9.93. The molecular weight excluding hydrogens is 396 g/mol. The van der Waals surface area contributed by atoms with Crippen LogP contribution < -0.4 is 26.4 Å². The van der Waals surface area contributed by atoms with Gasteiger partial charge < -0.3 is 26.4 Å². The molecule has 3 aromatic rings. The van der Waals surface area contributed by atoms with Crippen LogP contribution in [-0.2, 0) is 11.3 Å². The van der Waals surface area contributed by atoms with Crippen LogP contribution in [0.5, 0.6) is 11.5 Å². The molecule has 158 valence electrons. The molecule has 0 aliphatic carbocycles. The minimum atomic E-state index is -0.576. The van der Waals surface area contributed by atoms with Gasteiger partial charge in [0.2, 0.25) is 5.91 Å². The van der Waals surface area contributed by atoms with Gasteiger partial charge in [0, 0.05) is 24.8 Å². The highest BCUT2D eigenvalue weighted by atomic mass is 16.5.